The molecule has 1 aliphatic rings. The minimum absolute atomic E-state index is 0.573. The Balaban J connectivity index is 1.81. The second-order valence-electron chi connectivity index (χ2n) is 5.08. The number of hydrogen-bond donors (Lipinski definition) is 1. The third-order valence-electron chi connectivity index (χ3n) is 3.67. The van der Waals surface area contributed by atoms with Gasteiger partial charge in [0.25, 0.3) is 0 Å². The SMILES string of the molecule is Cc1nc2cc(CC3CNCCN3C)ccc2o1. The van der Waals surface area contributed by atoms with Crippen LogP contribution in [0.2, 0.25) is 0 Å². The summed E-state index contributed by atoms with van der Waals surface area (Å²) in [5.74, 6) is 0.735. The van der Waals surface area contributed by atoms with Crippen molar-refractivity contribution in [3.8, 4) is 0 Å². The third kappa shape index (κ3) is 2.26. The van der Waals surface area contributed by atoms with Gasteiger partial charge in [0, 0.05) is 32.6 Å². The van der Waals surface area contributed by atoms with Crippen molar-refractivity contribution in [2.24, 2.45) is 0 Å². The molecule has 4 heteroatoms. The lowest BCUT2D eigenvalue weighted by Crippen LogP contribution is -2.50. The van der Waals surface area contributed by atoms with Crippen molar-refractivity contribution in [1.82, 2.24) is 15.2 Å². The first-order chi connectivity index (χ1) is 8.72. The number of nitrogens with one attached hydrogen (secondary N) is 1. The average molecular weight is 245 g/mol. The zero-order valence-electron chi connectivity index (χ0n) is 10.9. The van der Waals surface area contributed by atoms with E-state index in [0.717, 1.165) is 43.0 Å². The highest BCUT2D eigenvalue weighted by Gasteiger charge is 2.19. The molecule has 0 radical (unpaired) electrons. The smallest absolute Gasteiger partial charge is 0.192 e. The molecule has 1 aliphatic heterocycles. The standard InChI is InChI=1S/C14H19N3O/c1-10-16-13-8-11(3-4-14(13)18-10)7-12-9-15-5-6-17(12)2/h3-4,8,12,15H,5-7,9H2,1-2H3. The molecule has 0 aliphatic carbocycles. The van der Waals surface area contributed by atoms with Crippen LogP contribution in [0.1, 0.15) is 11.5 Å². The molecule has 3 rings (SSSR count). The quantitative estimate of drug-likeness (QED) is 0.872. The number of nitrogens with zero attached hydrogens (tertiary/aromatic N) is 2. The van der Waals surface area contributed by atoms with Gasteiger partial charge in [0.15, 0.2) is 11.5 Å². The fourth-order valence-corrected chi connectivity index (χ4v) is 2.58. The molecule has 0 saturated carbocycles. The molecule has 1 unspecified atom stereocenters. The van der Waals surface area contributed by atoms with Crippen molar-refractivity contribution in [1.29, 1.82) is 0 Å². The summed E-state index contributed by atoms with van der Waals surface area (Å²) in [6, 6.07) is 6.90. The highest BCUT2D eigenvalue weighted by Crippen LogP contribution is 2.18. The van der Waals surface area contributed by atoms with Crippen molar-refractivity contribution >= 4 is 11.1 Å². The molecule has 1 atom stereocenters. The molecule has 18 heavy (non-hydrogen) atoms. The van der Waals surface area contributed by atoms with Gasteiger partial charge in [-0.2, -0.15) is 0 Å². The van der Waals surface area contributed by atoms with Gasteiger partial charge >= 0.3 is 0 Å². The zero-order valence-corrected chi connectivity index (χ0v) is 10.9. The molecule has 1 N–H and O–H groups in total. The van der Waals surface area contributed by atoms with Crippen LogP contribution in [-0.4, -0.2) is 42.6 Å². The number of hydrogen-bond acceptors (Lipinski definition) is 4. The second kappa shape index (κ2) is 4.71. The first-order valence-corrected chi connectivity index (χ1v) is 6.49. The van der Waals surface area contributed by atoms with E-state index >= 15 is 0 Å². The molecule has 1 aromatic heterocycles. The normalized spacial score (nSPS) is 21.6. The van der Waals surface area contributed by atoms with Gasteiger partial charge in [-0.1, -0.05) is 6.07 Å². The molecule has 0 spiro atoms. The average Bonchev–Trinajstić information content (AvgIpc) is 2.71. The number of piperazine rings is 1. The Morgan fingerprint density at radius 1 is 1.50 bits per heavy atom. The van der Waals surface area contributed by atoms with Crippen LogP contribution < -0.4 is 5.32 Å². The van der Waals surface area contributed by atoms with E-state index in [2.05, 4.69) is 34.4 Å². The van der Waals surface area contributed by atoms with Crippen molar-refractivity contribution in [2.75, 3.05) is 26.7 Å². The van der Waals surface area contributed by atoms with E-state index in [4.69, 9.17) is 4.42 Å². The third-order valence-corrected chi connectivity index (χ3v) is 3.67. The predicted octanol–water partition coefficient (Wildman–Crippen LogP) is 1.58. The van der Waals surface area contributed by atoms with E-state index in [9.17, 15) is 0 Å². The van der Waals surface area contributed by atoms with E-state index in [0.29, 0.717) is 6.04 Å². The highest BCUT2D eigenvalue weighted by atomic mass is 16.3. The van der Waals surface area contributed by atoms with Crippen molar-refractivity contribution < 1.29 is 4.42 Å². The number of aromatic nitrogens is 1. The molecule has 1 fully saturated rings. The van der Waals surface area contributed by atoms with E-state index in [1.54, 1.807) is 0 Å². The van der Waals surface area contributed by atoms with Crippen LogP contribution in [-0.2, 0) is 6.42 Å². The zero-order chi connectivity index (χ0) is 12.5. The molecule has 4 nitrogen and oxygen atoms in total. The molecule has 0 bridgehead atoms. The van der Waals surface area contributed by atoms with Crippen molar-refractivity contribution in [3.63, 3.8) is 0 Å². The summed E-state index contributed by atoms with van der Waals surface area (Å²) in [4.78, 5) is 6.82. The maximum absolute atomic E-state index is 5.50. The predicted molar refractivity (Wildman–Crippen MR) is 71.7 cm³/mol. The van der Waals surface area contributed by atoms with Crippen LogP contribution in [0.4, 0.5) is 0 Å². The lowest BCUT2D eigenvalue weighted by molar-refractivity contribution is 0.199. The van der Waals surface area contributed by atoms with Gasteiger partial charge in [0.05, 0.1) is 0 Å². The molecule has 2 heterocycles. The Morgan fingerprint density at radius 3 is 3.22 bits per heavy atom. The van der Waals surface area contributed by atoms with Gasteiger partial charge in [-0.05, 0) is 31.2 Å². The fraction of sp³-hybridized carbons (Fsp3) is 0.500. The highest BCUT2D eigenvalue weighted by molar-refractivity contribution is 5.73. The maximum atomic E-state index is 5.50. The molecule has 2 aromatic rings. The molecule has 96 valence electrons. The summed E-state index contributed by atoms with van der Waals surface area (Å²) in [6.45, 7) is 5.16. The number of benzene rings is 1. The summed E-state index contributed by atoms with van der Waals surface area (Å²) in [5.41, 5.74) is 3.18. The molecular weight excluding hydrogens is 226 g/mol. The van der Waals surface area contributed by atoms with E-state index in [-0.39, 0.29) is 0 Å². The largest absolute Gasteiger partial charge is 0.441 e. The Hall–Kier alpha value is -1.39. The van der Waals surface area contributed by atoms with E-state index in [1.165, 1.54) is 5.56 Å². The van der Waals surface area contributed by atoms with Gasteiger partial charge in [0.2, 0.25) is 0 Å². The molecule has 1 aromatic carbocycles. The first-order valence-electron chi connectivity index (χ1n) is 6.49. The Morgan fingerprint density at radius 2 is 2.39 bits per heavy atom. The van der Waals surface area contributed by atoms with Crippen LogP contribution in [0.15, 0.2) is 22.6 Å². The van der Waals surface area contributed by atoms with Crippen LogP contribution >= 0.6 is 0 Å². The lowest BCUT2D eigenvalue weighted by atomic mass is 10.0. The van der Waals surface area contributed by atoms with E-state index in [1.807, 2.05) is 13.0 Å². The van der Waals surface area contributed by atoms with Crippen molar-refractivity contribution in [3.05, 3.63) is 29.7 Å². The minimum Gasteiger partial charge on any atom is -0.441 e. The number of fused-ring (bicyclic) bond motifs is 1. The number of rotatable bonds is 2. The maximum Gasteiger partial charge on any atom is 0.192 e. The van der Waals surface area contributed by atoms with Crippen molar-refractivity contribution in [2.45, 2.75) is 19.4 Å². The number of likely N-dealkylation sites (N-methyl/N-ethyl adjacent to an activating group) is 1. The van der Waals surface area contributed by atoms with E-state index < -0.39 is 0 Å². The van der Waals surface area contributed by atoms with Gasteiger partial charge in [-0.15, -0.1) is 0 Å². The van der Waals surface area contributed by atoms with Crippen LogP contribution in [0.25, 0.3) is 11.1 Å². The molecule has 1 saturated heterocycles. The van der Waals surface area contributed by atoms with Gasteiger partial charge in [0.1, 0.15) is 5.52 Å². The van der Waals surface area contributed by atoms with Crippen LogP contribution in [0, 0.1) is 6.92 Å². The lowest BCUT2D eigenvalue weighted by Gasteiger charge is -2.33. The number of aryl methyl sites for hydroxylation is 1. The first kappa shape index (κ1) is 11.7. The van der Waals surface area contributed by atoms with Gasteiger partial charge < -0.3 is 14.6 Å². The van der Waals surface area contributed by atoms with Crippen LogP contribution in [0.5, 0.6) is 0 Å². The Kier molecular flexibility index (Phi) is 3.06. The topological polar surface area (TPSA) is 41.3 Å². The van der Waals surface area contributed by atoms with Gasteiger partial charge in [-0.25, -0.2) is 4.98 Å². The van der Waals surface area contributed by atoms with Crippen LogP contribution in [0.3, 0.4) is 0 Å². The van der Waals surface area contributed by atoms with Gasteiger partial charge in [-0.3, -0.25) is 0 Å². The second-order valence-corrected chi connectivity index (χ2v) is 5.08. The summed E-state index contributed by atoms with van der Waals surface area (Å²) >= 11 is 0. The summed E-state index contributed by atoms with van der Waals surface area (Å²) in [7, 11) is 2.20. The fourth-order valence-electron chi connectivity index (χ4n) is 2.58. The summed E-state index contributed by atoms with van der Waals surface area (Å²) < 4.78 is 5.50. The monoisotopic (exact) mass is 245 g/mol. The molecule has 0 amide bonds. The summed E-state index contributed by atoms with van der Waals surface area (Å²) in [5, 5.41) is 3.45. The Labute approximate surface area is 107 Å². The molecular formula is C14H19N3O. The Bertz CT molecular complexity index is 549. The number of oxazole rings is 1. The minimum atomic E-state index is 0.573. The summed E-state index contributed by atoms with van der Waals surface area (Å²) in [6.07, 6.45) is 1.06.